The van der Waals surface area contributed by atoms with Crippen LogP contribution in [0.1, 0.15) is 5.69 Å². The fourth-order valence-corrected chi connectivity index (χ4v) is 6.10. The number of nitrogen functional groups attached to an aromatic ring is 1. The number of fused-ring (bicyclic) bond motifs is 1. The number of carbonyl (C=O) groups is 4. The number of thioether (sulfide) groups is 2. The number of thiazole rings is 1. The highest BCUT2D eigenvalue weighted by Crippen LogP contribution is 2.41. The van der Waals surface area contributed by atoms with Gasteiger partial charge in [-0.05, 0) is 17.1 Å². The molecule has 1 saturated heterocycles. The smallest absolute Gasteiger partial charge is 0.370 e. The normalized spacial score (nSPS) is 19.5. The van der Waals surface area contributed by atoms with E-state index in [0.29, 0.717) is 5.57 Å². The molecule has 2 atom stereocenters. The summed E-state index contributed by atoms with van der Waals surface area (Å²) < 4.78 is 1.51. The van der Waals surface area contributed by atoms with E-state index in [1.807, 2.05) is 0 Å². The van der Waals surface area contributed by atoms with E-state index in [0.717, 1.165) is 21.1 Å². The van der Waals surface area contributed by atoms with E-state index >= 15 is 0 Å². The number of aromatic nitrogens is 2. The Kier molecular flexibility index (Phi) is 7.80. The number of hydrogen-bond acceptors (Lipinski definition) is 11. The molecule has 2 aliphatic rings. The molecule has 37 heavy (non-hydrogen) atoms. The maximum atomic E-state index is 12.8. The highest BCUT2D eigenvalue weighted by molar-refractivity contribution is 8.02. The molecule has 0 unspecified atom stereocenters. The molecular weight excluding hydrogens is 544 g/mol. The number of aliphatic carboxylic acids is 2. The van der Waals surface area contributed by atoms with Crippen LogP contribution in [0.25, 0.3) is 0 Å². The van der Waals surface area contributed by atoms with Crippen molar-refractivity contribution in [3.8, 4) is 0 Å². The van der Waals surface area contributed by atoms with Gasteiger partial charge in [0, 0.05) is 28.2 Å². The second-order valence-corrected chi connectivity index (χ2v) is 10.6. The van der Waals surface area contributed by atoms with E-state index in [2.05, 4.69) is 15.5 Å². The van der Waals surface area contributed by atoms with E-state index in [9.17, 15) is 29.5 Å². The van der Waals surface area contributed by atoms with Gasteiger partial charge in [-0.2, -0.15) is 4.57 Å². The van der Waals surface area contributed by atoms with Crippen LogP contribution < -0.4 is 15.6 Å². The van der Waals surface area contributed by atoms with Crippen molar-refractivity contribution in [2.45, 2.75) is 22.9 Å². The lowest BCUT2D eigenvalue weighted by Crippen LogP contribution is -2.71. The number of hydrogen-bond donors (Lipinski definition) is 5. The molecule has 1 fully saturated rings. The van der Waals surface area contributed by atoms with Crippen molar-refractivity contribution in [1.82, 2.24) is 15.2 Å². The third-order valence-electron chi connectivity index (χ3n) is 5.22. The Bertz CT molecular complexity index is 1350. The average Bonchev–Trinajstić information content (AvgIpc) is 3.28. The standard InChI is InChI=1S/C21H18N6O7S3/c22-21-23-12(9-37-21)14(25-34)17(30)24-15-18(31)27-16(20(32)33)10(8-36-19(15)27)3-6-35-11-1-4-26(5-2-11)7-13(28)29/h1-6,9,15,19H,7-8H2,(H5-,22,23,24,28,29,30,32,33,34)/p+1/b6-3+/t15-,19-/m1/s1. The Morgan fingerprint density at radius 1 is 1.32 bits per heavy atom. The second-order valence-electron chi connectivity index (χ2n) is 7.58. The Morgan fingerprint density at radius 3 is 2.65 bits per heavy atom. The first-order valence-electron chi connectivity index (χ1n) is 10.4. The van der Waals surface area contributed by atoms with Crippen molar-refractivity contribution in [2.75, 3.05) is 11.5 Å². The number of anilines is 1. The van der Waals surface area contributed by atoms with Crippen molar-refractivity contribution in [2.24, 2.45) is 5.16 Å². The van der Waals surface area contributed by atoms with Gasteiger partial charge in [-0.25, -0.2) is 14.6 Å². The molecule has 4 heterocycles. The highest BCUT2D eigenvalue weighted by atomic mass is 32.2. The molecule has 2 aromatic rings. The van der Waals surface area contributed by atoms with E-state index in [1.54, 1.807) is 36.0 Å². The fraction of sp³-hybridized carbons (Fsp3) is 0.190. The number of nitrogens with zero attached hydrogens (tertiary/aromatic N) is 4. The Balaban J connectivity index is 1.44. The summed E-state index contributed by atoms with van der Waals surface area (Å²) in [6, 6.07) is 2.44. The maximum absolute atomic E-state index is 12.8. The third-order valence-corrected chi connectivity index (χ3v) is 8.01. The van der Waals surface area contributed by atoms with Gasteiger partial charge in [0.15, 0.2) is 23.2 Å². The minimum absolute atomic E-state index is 0.0496. The number of carboxylic acid groups (broad SMARTS) is 2. The Hall–Kier alpha value is -3.89. The van der Waals surface area contributed by atoms with Crippen molar-refractivity contribution in [1.29, 1.82) is 0 Å². The van der Waals surface area contributed by atoms with Gasteiger partial charge in [0.05, 0.1) is 0 Å². The number of carbonyl (C=O) groups excluding carboxylic acids is 2. The summed E-state index contributed by atoms with van der Waals surface area (Å²) in [4.78, 5) is 54.1. The second kappa shape index (κ2) is 11.0. The van der Waals surface area contributed by atoms with Crippen LogP contribution in [0.15, 0.2) is 62.7 Å². The number of β-lactam (4-membered cyclic amide) rings is 1. The van der Waals surface area contributed by atoms with Crippen LogP contribution >= 0.6 is 34.9 Å². The molecule has 16 heteroatoms. The minimum atomic E-state index is -1.28. The molecule has 13 nitrogen and oxygen atoms in total. The van der Waals surface area contributed by atoms with Crippen LogP contribution in [0.2, 0.25) is 0 Å². The Labute approximate surface area is 221 Å². The molecule has 0 spiro atoms. The maximum Gasteiger partial charge on any atom is 0.370 e. The summed E-state index contributed by atoms with van der Waals surface area (Å²) in [5.41, 5.74) is 5.44. The summed E-state index contributed by atoms with van der Waals surface area (Å²) in [7, 11) is 0. The van der Waals surface area contributed by atoms with Crippen molar-refractivity contribution >= 4 is 69.5 Å². The number of amides is 2. The zero-order chi connectivity index (χ0) is 26.7. The number of oxime groups is 1. The summed E-state index contributed by atoms with van der Waals surface area (Å²) in [5, 5.41) is 36.0. The van der Waals surface area contributed by atoms with Gasteiger partial charge in [0.2, 0.25) is 6.54 Å². The predicted octanol–water partition coefficient (Wildman–Crippen LogP) is 0.320. The van der Waals surface area contributed by atoms with Gasteiger partial charge in [0.25, 0.3) is 11.8 Å². The predicted molar refractivity (Wildman–Crippen MR) is 134 cm³/mol. The molecule has 0 aliphatic carbocycles. The summed E-state index contributed by atoms with van der Waals surface area (Å²) in [5.74, 6) is -3.42. The molecule has 4 rings (SSSR count). The van der Waals surface area contributed by atoms with Gasteiger partial charge >= 0.3 is 11.9 Å². The van der Waals surface area contributed by atoms with E-state index in [1.165, 1.54) is 33.5 Å². The first kappa shape index (κ1) is 26.2. The average molecular weight is 564 g/mol. The molecule has 0 radical (unpaired) electrons. The first-order chi connectivity index (χ1) is 17.7. The molecule has 0 saturated carbocycles. The monoisotopic (exact) mass is 563 g/mol. The van der Waals surface area contributed by atoms with Crippen LogP contribution in [0.3, 0.4) is 0 Å². The quantitative estimate of drug-likeness (QED) is 0.0703. The minimum Gasteiger partial charge on any atom is -0.477 e. The summed E-state index contributed by atoms with van der Waals surface area (Å²) in [6.45, 7) is -0.160. The molecule has 192 valence electrons. The zero-order valence-electron chi connectivity index (χ0n) is 18.7. The summed E-state index contributed by atoms with van der Waals surface area (Å²) >= 11 is 3.63. The number of pyridine rings is 1. The molecule has 6 N–H and O–H groups in total. The van der Waals surface area contributed by atoms with Gasteiger partial charge < -0.3 is 26.5 Å². The molecule has 2 aliphatic heterocycles. The molecule has 2 aromatic heterocycles. The topological polar surface area (TPSA) is 199 Å². The molecule has 0 aromatic carbocycles. The SMILES string of the molecule is Nc1nc(C(=NO)C(=O)N[C@@H]2C(=O)N3C(C(=O)O)=C(/C=C/Sc4cc[n+](CC(=O)O)cc4)CS[C@H]23)cs1. The lowest BCUT2D eigenvalue weighted by Gasteiger charge is -2.49. The molecular formula is C21H19N6O7S3+. The number of nitrogens with one attached hydrogen (secondary N) is 1. The zero-order valence-corrected chi connectivity index (χ0v) is 21.1. The van der Waals surface area contributed by atoms with Gasteiger partial charge in [-0.1, -0.05) is 16.9 Å². The Morgan fingerprint density at radius 2 is 2.05 bits per heavy atom. The molecule has 2 amide bonds. The van der Waals surface area contributed by atoms with E-state index in [4.69, 9.17) is 10.8 Å². The third kappa shape index (κ3) is 5.60. The first-order valence-corrected chi connectivity index (χ1v) is 13.2. The highest BCUT2D eigenvalue weighted by Gasteiger charge is 2.54. The number of allylic oxidation sites excluding steroid dienone is 1. The number of carboxylic acids is 2. The number of rotatable bonds is 9. The fourth-order valence-electron chi connectivity index (χ4n) is 3.57. The van der Waals surface area contributed by atoms with Crippen LogP contribution in [-0.4, -0.2) is 71.9 Å². The van der Waals surface area contributed by atoms with Crippen LogP contribution in [-0.2, 0) is 25.7 Å². The van der Waals surface area contributed by atoms with Crippen LogP contribution in [0.5, 0.6) is 0 Å². The van der Waals surface area contributed by atoms with Crippen LogP contribution in [0.4, 0.5) is 5.13 Å². The lowest BCUT2D eigenvalue weighted by atomic mass is 10.0. The van der Waals surface area contributed by atoms with Crippen molar-refractivity contribution in [3.05, 3.63) is 58.4 Å². The van der Waals surface area contributed by atoms with Gasteiger partial charge in [-0.3, -0.25) is 14.5 Å². The van der Waals surface area contributed by atoms with Crippen molar-refractivity contribution < 1.29 is 39.2 Å². The van der Waals surface area contributed by atoms with Gasteiger partial charge in [0.1, 0.15) is 22.8 Å². The van der Waals surface area contributed by atoms with E-state index in [-0.39, 0.29) is 28.8 Å². The van der Waals surface area contributed by atoms with E-state index < -0.39 is 40.9 Å². The van der Waals surface area contributed by atoms with Gasteiger partial charge in [-0.15, -0.1) is 23.1 Å². The largest absolute Gasteiger partial charge is 0.477 e. The number of nitrogens with two attached hydrogens (primary N) is 1. The summed E-state index contributed by atoms with van der Waals surface area (Å²) in [6.07, 6.45) is 4.85. The van der Waals surface area contributed by atoms with Crippen LogP contribution in [0, 0.1) is 0 Å². The molecule has 0 bridgehead atoms. The lowest BCUT2D eigenvalue weighted by molar-refractivity contribution is -0.686. The van der Waals surface area contributed by atoms with Crippen molar-refractivity contribution in [3.63, 3.8) is 0 Å².